The quantitative estimate of drug-likeness (QED) is 0.935. The highest BCUT2D eigenvalue weighted by Gasteiger charge is 2.15. The van der Waals surface area contributed by atoms with Crippen molar-refractivity contribution in [3.8, 4) is 5.75 Å². The number of fused-ring (bicyclic) bond motifs is 1. The molecule has 2 N–H and O–H groups in total. The summed E-state index contributed by atoms with van der Waals surface area (Å²) in [5.74, 6) is 1.02. The largest absolute Gasteiger partial charge is 0.493 e. The molecule has 18 heavy (non-hydrogen) atoms. The number of rotatable bonds is 3. The lowest BCUT2D eigenvalue weighted by Gasteiger charge is -2.12. The molecule has 0 aliphatic carbocycles. The summed E-state index contributed by atoms with van der Waals surface area (Å²) >= 11 is 5.22. The van der Waals surface area contributed by atoms with Gasteiger partial charge in [0.05, 0.1) is 6.61 Å². The van der Waals surface area contributed by atoms with Crippen LogP contribution in [-0.2, 0) is 12.8 Å². The predicted octanol–water partition coefficient (Wildman–Crippen LogP) is 3.69. The Morgan fingerprint density at radius 2 is 2.28 bits per heavy atom. The van der Waals surface area contributed by atoms with Crippen molar-refractivity contribution in [1.82, 2.24) is 0 Å². The molecule has 0 bridgehead atoms. The van der Waals surface area contributed by atoms with Crippen LogP contribution in [0.5, 0.6) is 5.75 Å². The molecule has 0 saturated heterocycles. The maximum atomic E-state index is 6.28. The van der Waals surface area contributed by atoms with E-state index in [0.29, 0.717) is 0 Å². The molecule has 1 aromatic carbocycles. The van der Waals surface area contributed by atoms with Gasteiger partial charge in [-0.2, -0.15) is 0 Å². The molecule has 1 aromatic heterocycles. The van der Waals surface area contributed by atoms with E-state index in [-0.39, 0.29) is 6.04 Å². The Bertz CT molecular complexity index is 567. The Labute approximate surface area is 119 Å². The fraction of sp³-hybridized carbons (Fsp3) is 0.286. The van der Waals surface area contributed by atoms with E-state index in [1.165, 1.54) is 16.0 Å². The van der Waals surface area contributed by atoms with Crippen LogP contribution in [0.25, 0.3) is 0 Å². The van der Waals surface area contributed by atoms with Gasteiger partial charge >= 0.3 is 0 Å². The highest BCUT2D eigenvalue weighted by Crippen LogP contribution is 2.29. The zero-order chi connectivity index (χ0) is 12.5. The van der Waals surface area contributed by atoms with Crippen LogP contribution in [0.15, 0.2) is 34.1 Å². The first kappa shape index (κ1) is 12.2. The first-order valence-electron chi connectivity index (χ1n) is 5.96. The third kappa shape index (κ3) is 2.46. The summed E-state index contributed by atoms with van der Waals surface area (Å²) in [5, 5.41) is 2.10. The SMILES string of the molecule is NC(Cc1cc(Br)cs1)c1ccc2c(c1)CCO2. The fourth-order valence-electron chi connectivity index (χ4n) is 2.23. The van der Waals surface area contributed by atoms with E-state index in [0.717, 1.165) is 29.7 Å². The third-order valence-electron chi connectivity index (χ3n) is 3.18. The zero-order valence-electron chi connectivity index (χ0n) is 9.86. The van der Waals surface area contributed by atoms with Crippen LogP contribution in [0.3, 0.4) is 0 Å². The van der Waals surface area contributed by atoms with Crippen molar-refractivity contribution in [2.45, 2.75) is 18.9 Å². The molecule has 0 saturated carbocycles. The van der Waals surface area contributed by atoms with Gasteiger partial charge in [0.25, 0.3) is 0 Å². The maximum Gasteiger partial charge on any atom is 0.122 e. The predicted molar refractivity (Wildman–Crippen MR) is 78.3 cm³/mol. The van der Waals surface area contributed by atoms with Gasteiger partial charge in [0.2, 0.25) is 0 Å². The second-order valence-corrected chi connectivity index (χ2v) is 6.42. The minimum absolute atomic E-state index is 0.0569. The normalized spacial score (nSPS) is 15.2. The lowest BCUT2D eigenvalue weighted by molar-refractivity contribution is 0.357. The minimum atomic E-state index is 0.0569. The molecule has 4 heteroatoms. The number of halogens is 1. The van der Waals surface area contributed by atoms with E-state index < -0.39 is 0 Å². The molecule has 0 radical (unpaired) electrons. The maximum absolute atomic E-state index is 6.28. The number of hydrogen-bond donors (Lipinski definition) is 1. The van der Waals surface area contributed by atoms with Gasteiger partial charge < -0.3 is 10.5 Å². The van der Waals surface area contributed by atoms with Crippen molar-refractivity contribution in [2.75, 3.05) is 6.61 Å². The monoisotopic (exact) mass is 323 g/mol. The van der Waals surface area contributed by atoms with Gasteiger partial charge in [-0.25, -0.2) is 0 Å². The first-order chi connectivity index (χ1) is 8.72. The number of thiophene rings is 1. The Kier molecular flexibility index (Phi) is 3.41. The van der Waals surface area contributed by atoms with Crippen molar-refractivity contribution in [3.05, 3.63) is 50.1 Å². The Morgan fingerprint density at radius 1 is 1.39 bits per heavy atom. The molecule has 2 heterocycles. The van der Waals surface area contributed by atoms with Crippen LogP contribution in [0, 0.1) is 0 Å². The van der Waals surface area contributed by atoms with E-state index in [1.807, 2.05) is 6.07 Å². The first-order valence-corrected chi connectivity index (χ1v) is 7.64. The standard InChI is InChI=1S/C14H14BrNOS/c15-11-6-12(18-8-11)7-13(16)9-1-2-14-10(5-9)3-4-17-14/h1-2,5-6,8,13H,3-4,7,16H2. The zero-order valence-corrected chi connectivity index (χ0v) is 12.3. The number of ether oxygens (including phenoxy) is 1. The van der Waals surface area contributed by atoms with E-state index in [4.69, 9.17) is 10.5 Å². The molecule has 0 spiro atoms. The van der Waals surface area contributed by atoms with Gasteiger partial charge in [0.15, 0.2) is 0 Å². The van der Waals surface area contributed by atoms with Gasteiger partial charge in [-0.3, -0.25) is 0 Å². The van der Waals surface area contributed by atoms with Gasteiger partial charge in [0, 0.05) is 33.6 Å². The van der Waals surface area contributed by atoms with Crippen LogP contribution in [0.2, 0.25) is 0 Å². The van der Waals surface area contributed by atoms with Crippen molar-refractivity contribution in [3.63, 3.8) is 0 Å². The Balaban J connectivity index is 1.78. The van der Waals surface area contributed by atoms with E-state index >= 15 is 0 Å². The molecule has 1 unspecified atom stereocenters. The molecule has 2 aromatic rings. The van der Waals surface area contributed by atoms with Crippen molar-refractivity contribution >= 4 is 27.3 Å². The van der Waals surface area contributed by atoms with Gasteiger partial charge in [-0.1, -0.05) is 12.1 Å². The van der Waals surface area contributed by atoms with Crippen LogP contribution < -0.4 is 10.5 Å². The lowest BCUT2D eigenvalue weighted by Crippen LogP contribution is -2.12. The topological polar surface area (TPSA) is 35.2 Å². The molecule has 0 amide bonds. The molecule has 1 aliphatic rings. The molecule has 94 valence electrons. The van der Waals surface area contributed by atoms with Crippen LogP contribution in [0.1, 0.15) is 22.0 Å². The Hall–Kier alpha value is -0.840. The molecular formula is C14H14BrNOS. The Morgan fingerprint density at radius 3 is 3.06 bits per heavy atom. The highest BCUT2D eigenvalue weighted by molar-refractivity contribution is 9.10. The van der Waals surface area contributed by atoms with E-state index in [1.54, 1.807) is 11.3 Å². The summed E-state index contributed by atoms with van der Waals surface area (Å²) < 4.78 is 6.65. The van der Waals surface area contributed by atoms with Crippen molar-refractivity contribution in [1.29, 1.82) is 0 Å². The summed E-state index contributed by atoms with van der Waals surface area (Å²) in [5.41, 5.74) is 8.77. The summed E-state index contributed by atoms with van der Waals surface area (Å²) in [6.07, 6.45) is 1.89. The lowest BCUT2D eigenvalue weighted by atomic mass is 10.0. The fourth-order valence-corrected chi connectivity index (χ4v) is 3.74. The molecule has 2 nitrogen and oxygen atoms in total. The van der Waals surface area contributed by atoms with Crippen molar-refractivity contribution in [2.24, 2.45) is 5.73 Å². The average Bonchev–Trinajstić information content (AvgIpc) is 2.96. The summed E-state index contributed by atoms with van der Waals surface area (Å²) in [6, 6.07) is 8.51. The van der Waals surface area contributed by atoms with E-state index in [9.17, 15) is 0 Å². The number of benzene rings is 1. The van der Waals surface area contributed by atoms with Crippen LogP contribution in [-0.4, -0.2) is 6.61 Å². The van der Waals surface area contributed by atoms with Crippen LogP contribution >= 0.6 is 27.3 Å². The summed E-state index contributed by atoms with van der Waals surface area (Å²) in [6.45, 7) is 0.798. The van der Waals surface area contributed by atoms with Gasteiger partial charge in [-0.15, -0.1) is 11.3 Å². The summed E-state index contributed by atoms with van der Waals surface area (Å²) in [7, 11) is 0. The third-order valence-corrected chi connectivity index (χ3v) is 4.90. The van der Waals surface area contributed by atoms with Crippen LogP contribution in [0.4, 0.5) is 0 Å². The number of nitrogens with two attached hydrogens (primary N) is 1. The van der Waals surface area contributed by atoms with Gasteiger partial charge in [-0.05, 0) is 39.2 Å². The highest BCUT2D eigenvalue weighted by atomic mass is 79.9. The average molecular weight is 324 g/mol. The van der Waals surface area contributed by atoms with E-state index in [2.05, 4.69) is 39.5 Å². The molecule has 0 fully saturated rings. The number of hydrogen-bond acceptors (Lipinski definition) is 3. The van der Waals surface area contributed by atoms with Gasteiger partial charge in [0.1, 0.15) is 5.75 Å². The second kappa shape index (κ2) is 5.03. The molecule has 1 aliphatic heterocycles. The molecule has 3 rings (SSSR count). The summed E-state index contributed by atoms with van der Waals surface area (Å²) in [4.78, 5) is 1.31. The molecular weight excluding hydrogens is 310 g/mol. The minimum Gasteiger partial charge on any atom is -0.493 e. The molecule has 1 atom stereocenters. The van der Waals surface area contributed by atoms with Crippen molar-refractivity contribution < 1.29 is 4.74 Å². The smallest absolute Gasteiger partial charge is 0.122 e. The second-order valence-electron chi connectivity index (χ2n) is 4.51.